The van der Waals surface area contributed by atoms with Crippen molar-refractivity contribution in [2.75, 3.05) is 39.0 Å². The summed E-state index contributed by atoms with van der Waals surface area (Å²) in [7, 11) is -3.12. The number of sulfonamides is 1. The first kappa shape index (κ1) is 15.4. The molecular weight excluding hydrogens is 254 g/mol. The van der Waals surface area contributed by atoms with Gasteiger partial charge in [-0.3, -0.25) is 4.79 Å². The zero-order valence-corrected chi connectivity index (χ0v) is 11.9. The third kappa shape index (κ3) is 5.32. The molecule has 1 amide bonds. The van der Waals surface area contributed by atoms with Gasteiger partial charge in [-0.1, -0.05) is 6.92 Å². The van der Waals surface area contributed by atoms with E-state index in [4.69, 9.17) is 0 Å². The van der Waals surface area contributed by atoms with E-state index in [2.05, 4.69) is 10.6 Å². The molecule has 0 aromatic rings. The second-order valence-corrected chi connectivity index (χ2v) is 6.67. The van der Waals surface area contributed by atoms with E-state index in [0.717, 1.165) is 13.1 Å². The van der Waals surface area contributed by atoms with Crippen molar-refractivity contribution < 1.29 is 13.2 Å². The highest BCUT2D eigenvalue weighted by atomic mass is 32.2. The van der Waals surface area contributed by atoms with Gasteiger partial charge in [0.05, 0.1) is 6.26 Å². The second-order valence-electron chi connectivity index (χ2n) is 4.69. The lowest BCUT2D eigenvalue weighted by atomic mass is 9.99. The van der Waals surface area contributed by atoms with E-state index < -0.39 is 10.0 Å². The van der Waals surface area contributed by atoms with Crippen molar-refractivity contribution in [3.8, 4) is 0 Å². The summed E-state index contributed by atoms with van der Waals surface area (Å²) in [5, 5.41) is 5.94. The molecule has 0 aromatic heterocycles. The highest BCUT2D eigenvalue weighted by molar-refractivity contribution is 7.88. The summed E-state index contributed by atoms with van der Waals surface area (Å²) in [5.74, 6) is 0.525. The van der Waals surface area contributed by atoms with Crippen LogP contribution in [0.15, 0.2) is 0 Å². The maximum absolute atomic E-state index is 11.5. The maximum atomic E-state index is 11.5. The number of hydrogen-bond donors (Lipinski definition) is 2. The molecule has 0 atom stereocenters. The number of nitrogens with one attached hydrogen (secondary N) is 2. The van der Waals surface area contributed by atoms with Crippen LogP contribution in [0, 0.1) is 5.92 Å². The van der Waals surface area contributed by atoms with Crippen LogP contribution in [-0.2, 0) is 14.8 Å². The van der Waals surface area contributed by atoms with Crippen molar-refractivity contribution in [3.63, 3.8) is 0 Å². The Labute approximate surface area is 109 Å². The number of carbonyl (C=O) groups is 1. The topological polar surface area (TPSA) is 78.5 Å². The summed E-state index contributed by atoms with van der Waals surface area (Å²) in [6, 6.07) is 0. The maximum Gasteiger partial charge on any atom is 0.220 e. The van der Waals surface area contributed by atoms with Gasteiger partial charge in [-0.25, -0.2) is 12.7 Å². The normalized spacial score (nSPS) is 16.6. The van der Waals surface area contributed by atoms with E-state index in [1.165, 1.54) is 10.6 Å². The Hall–Kier alpha value is -0.660. The van der Waals surface area contributed by atoms with Gasteiger partial charge in [-0.2, -0.15) is 0 Å². The van der Waals surface area contributed by atoms with E-state index in [-0.39, 0.29) is 5.91 Å². The third-order valence-corrected chi connectivity index (χ3v) is 4.45. The van der Waals surface area contributed by atoms with Crippen molar-refractivity contribution in [2.24, 2.45) is 5.92 Å². The molecule has 18 heavy (non-hydrogen) atoms. The van der Waals surface area contributed by atoms with Crippen molar-refractivity contribution in [1.82, 2.24) is 14.9 Å². The van der Waals surface area contributed by atoms with Crippen molar-refractivity contribution in [2.45, 2.75) is 19.8 Å². The van der Waals surface area contributed by atoms with Gasteiger partial charge in [-0.15, -0.1) is 0 Å². The molecular formula is C11H23N3O3S. The average Bonchev–Trinajstić information content (AvgIpc) is 2.21. The minimum absolute atomic E-state index is 0.0592. The molecule has 0 saturated carbocycles. The highest BCUT2D eigenvalue weighted by Crippen LogP contribution is 2.07. The van der Waals surface area contributed by atoms with Crippen molar-refractivity contribution in [1.29, 1.82) is 0 Å². The lowest BCUT2D eigenvalue weighted by Crippen LogP contribution is -2.44. The lowest BCUT2D eigenvalue weighted by Gasteiger charge is -2.26. The zero-order chi connectivity index (χ0) is 13.6. The first-order valence-electron chi connectivity index (χ1n) is 6.36. The number of hydrogen-bond acceptors (Lipinski definition) is 4. The summed E-state index contributed by atoms with van der Waals surface area (Å²) >= 11 is 0. The molecule has 1 heterocycles. The predicted molar refractivity (Wildman–Crippen MR) is 70.7 cm³/mol. The highest BCUT2D eigenvalue weighted by Gasteiger charge is 2.19. The molecule has 0 aromatic carbocycles. The molecule has 0 unspecified atom stereocenters. The van der Waals surface area contributed by atoms with Crippen molar-refractivity contribution >= 4 is 15.9 Å². The molecule has 0 bridgehead atoms. The third-order valence-electron chi connectivity index (χ3n) is 3.07. The summed E-state index contributed by atoms with van der Waals surface area (Å²) < 4.78 is 24.0. The summed E-state index contributed by atoms with van der Waals surface area (Å²) in [6.45, 7) is 5.12. The Morgan fingerprint density at radius 2 is 2.11 bits per heavy atom. The first-order valence-corrected chi connectivity index (χ1v) is 8.21. The average molecular weight is 277 g/mol. The first-order chi connectivity index (χ1) is 8.43. The minimum Gasteiger partial charge on any atom is -0.356 e. The molecule has 7 heteroatoms. The van der Waals surface area contributed by atoms with Crippen LogP contribution in [0.4, 0.5) is 0 Å². The summed E-state index contributed by atoms with van der Waals surface area (Å²) in [4.78, 5) is 11.5. The molecule has 1 rings (SSSR count). The molecule has 1 fully saturated rings. The minimum atomic E-state index is -3.12. The van der Waals surface area contributed by atoms with E-state index in [1.807, 2.05) is 6.92 Å². The van der Waals surface area contributed by atoms with Crippen LogP contribution >= 0.6 is 0 Å². The standard InChI is InChI=1S/C11H23N3O3S/c1-3-14(18(2,16)17)6-4-5-13-11(15)7-10-8-12-9-10/h10,12H,3-9H2,1-2H3,(H,13,15). The van der Waals surface area contributed by atoms with Crippen LogP contribution in [0.1, 0.15) is 19.8 Å². The summed E-state index contributed by atoms with van der Waals surface area (Å²) in [5.41, 5.74) is 0. The SMILES string of the molecule is CCN(CCCNC(=O)CC1CNC1)S(C)(=O)=O. The molecule has 0 radical (unpaired) electrons. The van der Waals surface area contributed by atoms with Gasteiger partial charge in [0.2, 0.25) is 15.9 Å². The smallest absolute Gasteiger partial charge is 0.220 e. The van der Waals surface area contributed by atoms with E-state index in [1.54, 1.807) is 0 Å². The summed E-state index contributed by atoms with van der Waals surface area (Å²) in [6.07, 6.45) is 2.42. The van der Waals surface area contributed by atoms with Crippen LogP contribution in [0.25, 0.3) is 0 Å². The molecule has 106 valence electrons. The molecule has 0 aliphatic carbocycles. The van der Waals surface area contributed by atoms with Gasteiger partial charge in [0.1, 0.15) is 0 Å². The second kappa shape index (κ2) is 7.06. The number of nitrogens with zero attached hydrogens (tertiary/aromatic N) is 1. The quantitative estimate of drug-likeness (QED) is 0.580. The molecule has 1 saturated heterocycles. The van der Waals surface area contributed by atoms with Gasteiger partial charge in [0, 0.05) is 26.1 Å². The van der Waals surface area contributed by atoms with Crippen LogP contribution in [0.5, 0.6) is 0 Å². The fourth-order valence-electron chi connectivity index (χ4n) is 1.87. The van der Waals surface area contributed by atoms with Crippen LogP contribution in [0.2, 0.25) is 0 Å². The Kier molecular flexibility index (Phi) is 6.04. The fourth-order valence-corrected chi connectivity index (χ4v) is 2.80. The van der Waals surface area contributed by atoms with Gasteiger partial charge >= 0.3 is 0 Å². The Bertz CT molecular complexity index is 366. The number of rotatable bonds is 8. The molecule has 1 aliphatic rings. The van der Waals surface area contributed by atoms with E-state index >= 15 is 0 Å². The molecule has 6 nitrogen and oxygen atoms in total. The Morgan fingerprint density at radius 3 is 2.56 bits per heavy atom. The predicted octanol–water partition coefficient (Wildman–Crippen LogP) is -0.616. The largest absolute Gasteiger partial charge is 0.356 e. The van der Waals surface area contributed by atoms with Crippen LogP contribution in [-0.4, -0.2) is 57.6 Å². The van der Waals surface area contributed by atoms with Gasteiger partial charge in [0.15, 0.2) is 0 Å². The van der Waals surface area contributed by atoms with E-state index in [9.17, 15) is 13.2 Å². The Morgan fingerprint density at radius 1 is 1.44 bits per heavy atom. The number of amides is 1. The molecule has 0 spiro atoms. The Balaban J connectivity index is 2.11. The lowest BCUT2D eigenvalue weighted by molar-refractivity contribution is -0.122. The van der Waals surface area contributed by atoms with Gasteiger partial charge in [0.25, 0.3) is 0 Å². The van der Waals surface area contributed by atoms with Gasteiger partial charge < -0.3 is 10.6 Å². The zero-order valence-electron chi connectivity index (χ0n) is 11.1. The monoisotopic (exact) mass is 277 g/mol. The van der Waals surface area contributed by atoms with Gasteiger partial charge in [-0.05, 0) is 25.4 Å². The molecule has 1 aliphatic heterocycles. The van der Waals surface area contributed by atoms with E-state index in [0.29, 0.717) is 38.4 Å². The number of carbonyl (C=O) groups excluding carboxylic acids is 1. The van der Waals surface area contributed by atoms with Crippen molar-refractivity contribution in [3.05, 3.63) is 0 Å². The van der Waals surface area contributed by atoms with Crippen LogP contribution < -0.4 is 10.6 Å². The van der Waals surface area contributed by atoms with Crippen LogP contribution in [0.3, 0.4) is 0 Å². The molecule has 2 N–H and O–H groups in total. The fraction of sp³-hybridized carbons (Fsp3) is 0.909.